The van der Waals surface area contributed by atoms with Crippen molar-refractivity contribution in [3.8, 4) is 0 Å². The quantitative estimate of drug-likeness (QED) is 0.418. The maximum absolute atomic E-state index is 10.00. The lowest BCUT2D eigenvalue weighted by Crippen LogP contribution is -1.82. The summed E-state index contributed by atoms with van der Waals surface area (Å²) in [6.45, 7) is 1.94. The van der Waals surface area contributed by atoms with Crippen molar-refractivity contribution in [2.45, 2.75) is 6.92 Å². The normalized spacial score (nSPS) is 10.4. The number of carboxylic acid groups (broad SMARTS) is 1. The molecule has 2 heteroatoms. The molecular weight excluding hydrogens is 176 g/mol. The molecular formula is C12H12O2. The van der Waals surface area contributed by atoms with E-state index >= 15 is 0 Å². The molecule has 0 aromatic heterocycles. The second kappa shape index (κ2) is 9.08. The second-order valence-corrected chi connectivity index (χ2v) is 2.23. The van der Waals surface area contributed by atoms with Gasteiger partial charge in [0.15, 0.2) is 0 Å². The van der Waals surface area contributed by atoms with Gasteiger partial charge in [-0.15, -0.1) is 0 Å². The van der Waals surface area contributed by atoms with Gasteiger partial charge in [0.25, 0.3) is 0 Å². The lowest BCUT2D eigenvalue weighted by Gasteiger charge is -1.70. The highest BCUT2D eigenvalue weighted by molar-refractivity contribution is 5.79. The van der Waals surface area contributed by atoms with Gasteiger partial charge in [-0.05, 0) is 13.0 Å². The van der Waals surface area contributed by atoms with E-state index in [9.17, 15) is 4.79 Å². The zero-order valence-corrected chi connectivity index (χ0v) is 7.97. The monoisotopic (exact) mass is 188 g/mol. The van der Waals surface area contributed by atoms with Gasteiger partial charge in [-0.25, -0.2) is 4.79 Å². The summed E-state index contributed by atoms with van der Waals surface area (Å²) in [6, 6.07) is 0. The zero-order valence-electron chi connectivity index (χ0n) is 7.97. The van der Waals surface area contributed by atoms with Gasteiger partial charge >= 0.3 is 5.97 Å². The van der Waals surface area contributed by atoms with E-state index in [-0.39, 0.29) is 0 Å². The van der Waals surface area contributed by atoms with E-state index in [2.05, 4.69) is 11.5 Å². The maximum Gasteiger partial charge on any atom is 0.336 e. The third kappa shape index (κ3) is 9.99. The first kappa shape index (κ1) is 12.0. The Bertz CT molecular complexity index is 345. The highest BCUT2D eigenvalue weighted by atomic mass is 16.4. The minimum atomic E-state index is -1.03. The first-order valence-corrected chi connectivity index (χ1v) is 4.12. The molecule has 0 fully saturated rings. The summed E-state index contributed by atoms with van der Waals surface area (Å²) in [5, 5.41) is 8.20. The molecule has 0 unspecified atom stereocenters. The van der Waals surface area contributed by atoms with Crippen molar-refractivity contribution in [1.82, 2.24) is 0 Å². The van der Waals surface area contributed by atoms with E-state index in [4.69, 9.17) is 5.11 Å². The van der Waals surface area contributed by atoms with Crippen LogP contribution in [0.15, 0.2) is 60.1 Å². The fourth-order valence-corrected chi connectivity index (χ4v) is 0.559. The molecule has 14 heavy (non-hydrogen) atoms. The number of allylic oxidation sites excluding steroid dienone is 7. The van der Waals surface area contributed by atoms with Crippen molar-refractivity contribution in [1.29, 1.82) is 0 Å². The standard InChI is InChI=1S/C12H12O2/c1-2-3-4-5-6-7-8-9-10-11-12(13)14/h2-8,11H,1H3,(H,13,14)/b3-2+,5-4+,7-6+,11-8?. The van der Waals surface area contributed by atoms with E-state index < -0.39 is 5.97 Å². The molecule has 0 aromatic carbocycles. The summed E-state index contributed by atoms with van der Waals surface area (Å²) in [4.78, 5) is 10.00. The first-order chi connectivity index (χ1) is 6.77. The van der Waals surface area contributed by atoms with Crippen LogP contribution in [0.3, 0.4) is 0 Å². The summed E-state index contributed by atoms with van der Waals surface area (Å²) in [6.07, 6.45) is 13.6. The predicted molar refractivity (Wildman–Crippen MR) is 56.9 cm³/mol. The molecule has 0 atom stereocenters. The Hall–Kier alpha value is -2.01. The number of carbonyl (C=O) groups is 1. The molecule has 0 heterocycles. The van der Waals surface area contributed by atoms with Gasteiger partial charge in [-0.2, -0.15) is 0 Å². The van der Waals surface area contributed by atoms with Crippen molar-refractivity contribution >= 4 is 5.97 Å². The van der Waals surface area contributed by atoms with Crippen LogP contribution in [0.2, 0.25) is 0 Å². The van der Waals surface area contributed by atoms with E-state index in [1.54, 1.807) is 12.2 Å². The maximum atomic E-state index is 10.00. The summed E-state index contributed by atoms with van der Waals surface area (Å²) < 4.78 is 0. The average Bonchev–Trinajstić information content (AvgIpc) is 2.15. The van der Waals surface area contributed by atoms with Gasteiger partial charge in [0.05, 0.1) is 6.08 Å². The Balaban J connectivity index is 4.05. The molecule has 0 aliphatic rings. The van der Waals surface area contributed by atoms with Crippen molar-refractivity contribution in [2.24, 2.45) is 0 Å². The lowest BCUT2D eigenvalue weighted by atomic mass is 10.4. The van der Waals surface area contributed by atoms with Crippen LogP contribution >= 0.6 is 0 Å². The summed E-state index contributed by atoms with van der Waals surface area (Å²) in [7, 11) is 0. The van der Waals surface area contributed by atoms with Gasteiger partial charge in [0.1, 0.15) is 0 Å². The van der Waals surface area contributed by atoms with E-state index in [0.29, 0.717) is 0 Å². The van der Waals surface area contributed by atoms with Crippen LogP contribution < -0.4 is 0 Å². The second-order valence-electron chi connectivity index (χ2n) is 2.23. The molecule has 0 saturated carbocycles. The summed E-state index contributed by atoms with van der Waals surface area (Å²) >= 11 is 0. The minimum absolute atomic E-state index is 0.903. The van der Waals surface area contributed by atoms with Gasteiger partial charge < -0.3 is 5.11 Å². The lowest BCUT2D eigenvalue weighted by molar-refractivity contribution is -0.131. The number of aliphatic carboxylic acids is 1. The Kier molecular flexibility index (Phi) is 7.78. The smallest absolute Gasteiger partial charge is 0.336 e. The molecule has 1 N–H and O–H groups in total. The van der Waals surface area contributed by atoms with Crippen LogP contribution in [0.4, 0.5) is 0 Å². The number of hydrogen-bond acceptors (Lipinski definition) is 1. The molecule has 72 valence electrons. The molecule has 0 aromatic rings. The third-order valence-corrected chi connectivity index (χ3v) is 1.10. The summed E-state index contributed by atoms with van der Waals surface area (Å²) in [5.41, 5.74) is 4.92. The van der Waals surface area contributed by atoms with Crippen LogP contribution in [-0.4, -0.2) is 11.1 Å². The number of hydrogen-bond donors (Lipinski definition) is 1. The topological polar surface area (TPSA) is 37.3 Å². The molecule has 0 saturated heterocycles. The fourth-order valence-electron chi connectivity index (χ4n) is 0.559. The van der Waals surface area contributed by atoms with Crippen molar-refractivity contribution in [3.63, 3.8) is 0 Å². The first-order valence-electron chi connectivity index (χ1n) is 4.12. The zero-order chi connectivity index (χ0) is 10.6. The highest BCUT2D eigenvalue weighted by Gasteiger charge is 1.77. The van der Waals surface area contributed by atoms with E-state index in [1.807, 2.05) is 37.3 Å². The van der Waals surface area contributed by atoms with E-state index in [0.717, 1.165) is 6.08 Å². The van der Waals surface area contributed by atoms with Gasteiger partial charge in [-0.1, -0.05) is 47.9 Å². The van der Waals surface area contributed by atoms with Crippen molar-refractivity contribution in [3.05, 3.63) is 60.1 Å². The molecule has 0 amide bonds. The van der Waals surface area contributed by atoms with Gasteiger partial charge in [-0.3, -0.25) is 0 Å². The molecule has 0 aliphatic carbocycles. The Morgan fingerprint density at radius 1 is 1.07 bits per heavy atom. The molecule has 0 rings (SSSR count). The van der Waals surface area contributed by atoms with E-state index in [1.165, 1.54) is 0 Å². The molecule has 0 spiro atoms. The number of rotatable bonds is 4. The van der Waals surface area contributed by atoms with Crippen LogP contribution in [0.1, 0.15) is 6.92 Å². The predicted octanol–water partition coefficient (Wildman–Crippen LogP) is 2.63. The summed E-state index contributed by atoms with van der Waals surface area (Å²) in [5.74, 6) is -1.03. The van der Waals surface area contributed by atoms with Crippen molar-refractivity contribution in [2.75, 3.05) is 0 Å². The van der Waals surface area contributed by atoms with Crippen LogP contribution in [0, 0.1) is 0 Å². The van der Waals surface area contributed by atoms with Gasteiger partial charge in [0.2, 0.25) is 0 Å². The minimum Gasteiger partial charge on any atom is -0.478 e. The Labute approximate surface area is 83.6 Å². The highest BCUT2D eigenvalue weighted by Crippen LogP contribution is 1.80. The fraction of sp³-hybridized carbons (Fsp3) is 0.0833. The van der Waals surface area contributed by atoms with Crippen LogP contribution in [0.5, 0.6) is 0 Å². The molecule has 2 nitrogen and oxygen atoms in total. The van der Waals surface area contributed by atoms with Crippen LogP contribution in [-0.2, 0) is 4.79 Å². The molecule has 0 aliphatic heterocycles. The average molecular weight is 188 g/mol. The van der Waals surface area contributed by atoms with Crippen LogP contribution in [0.25, 0.3) is 0 Å². The largest absolute Gasteiger partial charge is 0.478 e. The number of carboxylic acids is 1. The third-order valence-electron chi connectivity index (χ3n) is 1.10. The Morgan fingerprint density at radius 2 is 1.71 bits per heavy atom. The molecule has 0 radical (unpaired) electrons. The van der Waals surface area contributed by atoms with Crippen molar-refractivity contribution < 1.29 is 9.90 Å². The molecule has 0 bridgehead atoms. The van der Waals surface area contributed by atoms with Gasteiger partial charge in [0, 0.05) is 0 Å². The Morgan fingerprint density at radius 3 is 2.36 bits per heavy atom. The SMILES string of the molecule is C/C=C/C=C/C=C/C=C=C=CC(=O)O.